The van der Waals surface area contributed by atoms with Gasteiger partial charge in [0, 0.05) is 18.6 Å². The number of nitrogens with one attached hydrogen (secondary N) is 1. The van der Waals surface area contributed by atoms with E-state index in [1.807, 2.05) is 30.3 Å². The van der Waals surface area contributed by atoms with Crippen LogP contribution in [0.3, 0.4) is 0 Å². The first-order valence-electron chi connectivity index (χ1n) is 10.1. The molecule has 2 saturated carbocycles. The lowest BCUT2D eigenvalue weighted by Crippen LogP contribution is -2.60. The average molecular weight is 371 g/mol. The van der Waals surface area contributed by atoms with Crippen LogP contribution in [0.15, 0.2) is 30.3 Å². The number of carbonyl (C=O) groups excluding carboxylic acids is 2. The van der Waals surface area contributed by atoms with E-state index >= 15 is 0 Å². The van der Waals surface area contributed by atoms with Crippen molar-refractivity contribution in [3.8, 4) is 0 Å². The van der Waals surface area contributed by atoms with Crippen molar-refractivity contribution in [2.75, 3.05) is 13.2 Å². The number of ether oxygens (including phenoxy) is 1. The molecule has 0 spiro atoms. The summed E-state index contributed by atoms with van der Waals surface area (Å²) in [6, 6.07) is 9.66. The smallest absolute Gasteiger partial charge is 0.249 e. The molecule has 1 aliphatic heterocycles. The van der Waals surface area contributed by atoms with Crippen molar-refractivity contribution in [3.63, 3.8) is 0 Å². The lowest BCUT2D eigenvalue weighted by Gasteiger charge is -2.46. The van der Waals surface area contributed by atoms with Crippen molar-refractivity contribution < 1.29 is 14.3 Å². The Bertz CT molecular complexity index is 667. The molecule has 3 atom stereocenters. The summed E-state index contributed by atoms with van der Waals surface area (Å²) in [6.07, 6.45) is 5.44. The van der Waals surface area contributed by atoms with E-state index in [0.29, 0.717) is 18.4 Å². The molecule has 1 saturated heterocycles. The molecule has 4 rings (SSSR count). The number of hydrogen-bond donors (Lipinski definition) is 2. The Morgan fingerprint density at radius 1 is 1.19 bits per heavy atom. The fraction of sp³-hybridized carbons (Fsp3) is 0.619. The second-order valence-corrected chi connectivity index (χ2v) is 8.26. The molecule has 27 heavy (non-hydrogen) atoms. The van der Waals surface area contributed by atoms with E-state index in [-0.39, 0.29) is 37.1 Å². The molecule has 1 heterocycles. The zero-order chi connectivity index (χ0) is 18.8. The topological polar surface area (TPSA) is 84.7 Å². The highest BCUT2D eigenvalue weighted by atomic mass is 16.5. The summed E-state index contributed by atoms with van der Waals surface area (Å²) in [7, 11) is 0. The summed E-state index contributed by atoms with van der Waals surface area (Å²) in [6.45, 7) is 0.732. The van der Waals surface area contributed by atoms with Crippen LogP contribution in [0.4, 0.5) is 0 Å². The largest absolute Gasteiger partial charge is 0.369 e. The summed E-state index contributed by atoms with van der Waals surface area (Å²) >= 11 is 0. The standard InChI is InChI=1S/C21H29N3O3/c22-17-9-15-7-4-8-16(10-17)20(15)23-21(26)18-12-27-13-19(25)24(18)11-14-5-2-1-3-6-14/h1-3,5-6,15-18,20H,4,7-13,22H2,(H,23,26)/t15?,16?,17?,18-,20?/m1/s1. The maximum atomic E-state index is 13.1. The van der Waals surface area contributed by atoms with Gasteiger partial charge in [-0.15, -0.1) is 0 Å². The molecule has 146 valence electrons. The van der Waals surface area contributed by atoms with E-state index in [9.17, 15) is 9.59 Å². The highest BCUT2D eigenvalue weighted by Crippen LogP contribution is 2.39. The third kappa shape index (κ3) is 4.01. The van der Waals surface area contributed by atoms with Crippen LogP contribution in [0.1, 0.15) is 37.7 Å². The lowest BCUT2D eigenvalue weighted by molar-refractivity contribution is -0.156. The van der Waals surface area contributed by atoms with E-state index in [1.54, 1.807) is 4.90 Å². The van der Waals surface area contributed by atoms with Crippen LogP contribution >= 0.6 is 0 Å². The second-order valence-electron chi connectivity index (χ2n) is 8.26. The monoisotopic (exact) mass is 371 g/mol. The van der Waals surface area contributed by atoms with Gasteiger partial charge in [0.25, 0.3) is 0 Å². The molecule has 3 fully saturated rings. The van der Waals surface area contributed by atoms with Gasteiger partial charge in [-0.05, 0) is 43.1 Å². The number of benzene rings is 1. The first-order valence-corrected chi connectivity index (χ1v) is 10.1. The van der Waals surface area contributed by atoms with Crippen molar-refractivity contribution in [2.24, 2.45) is 17.6 Å². The summed E-state index contributed by atoms with van der Waals surface area (Å²) in [5, 5.41) is 3.28. The van der Waals surface area contributed by atoms with Gasteiger partial charge in [-0.1, -0.05) is 36.8 Å². The van der Waals surface area contributed by atoms with Gasteiger partial charge < -0.3 is 20.7 Å². The van der Waals surface area contributed by atoms with E-state index < -0.39 is 6.04 Å². The Hall–Kier alpha value is -1.92. The highest BCUT2D eigenvalue weighted by molar-refractivity contribution is 5.89. The lowest BCUT2D eigenvalue weighted by atomic mass is 9.67. The molecule has 6 nitrogen and oxygen atoms in total. The predicted molar refractivity (Wildman–Crippen MR) is 102 cm³/mol. The van der Waals surface area contributed by atoms with Gasteiger partial charge in [0.1, 0.15) is 12.6 Å². The number of rotatable bonds is 4. The molecule has 0 radical (unpaired) electrons. The van der Waals surface area contributed by atoms with Crippen LogP contribution in [0, 0.1) is 11.8 Å². The number of carbonyl (C=O) groups is 2. The SMILES string of the molecule is NC1CC2CCCC(C1)C2NC(=O)[C@H]1COCC(=O)N1Cc1ccccc1. The van der Waals surface area contributed by atoms with Crippen LogP contribution < -0.4 is 11.1 Å². The summed E-state index contributed by atoms with van der Waals surface area (Å²) in [5.74, 6) is 0.700. The second kappa shape index (κ2) is 7.98. The minimum Gasteiger partial charge on any atom is -0.369 e. The molecule has 1 aromatic carbocycles. The Morgan fingerprint density at radius 3 is 2.59 bits per heavy atom. The third-order valence-electron chi connectivity index (χ3n) is 6.38. The number of morpholine rings is 1. The maximum Gasteiger partial charge on any atom is 0.249 e. The number of hydrogen-bond acceptors (Lipinski definition) is 4. The summed E-state index contributed by atoms with van der Waals surface area (Å²) in [5.41, 5.74) is 7.22. The van der Waals surface area contributed by atoms with E-state index in [1.165, 1.54) is 6.42 Å². The summed E-state index contributed by atoms with van der Waals surface area (Å²) in [4.78, 5) is 27.2. The van der Waals surface area contributed by atoms with Crippen LogP contribution in [0.5, 0.6) is 0 Å². The van der Waals surface area contributed by atoms with Gasteiger partial charge in [0.2, 0.25) is 11.8 Å². The van der Waals surface area contributed by atoms with E-state index in [4.69, 9.17) is 10.5 Å². The quantitative estimate of drug-likeness (QED) is 0.839. The van der Waals surface area contributed by atoms with Crippen LogP contribution in [0.2, 0.25) is 0 Å². The molecule has 6 heteroatoms. The molecular formula is C21H29N3O3. The van der Waals surface area contributed by atoms with Gasteiger partial charge >= 0.3 is 0 Å². The Labute approximate surface area is 160 Å². The Balaban J connectivity index is 1.46. The first-order chi connectivity index (χ1) is 13.1. The fourth-order valence-electron chi connectivity index (χ4n) is 5.09. The van der Waals surface area contributed by atoms with Crippen molar-refractivity contribution in [3.05, 3.63) is 35.9 Å². The van der Waals surface area contributed by atoms with E-state index in [0.717, 1.165) is 31.2 Å². The van der Waals surface area contributed by atoms with Crippen molar-refractivity contribution in [2.45, 2.75) is 56.8 Å². The fourth-order valence-corrected chi connectivity index (χ4v) is 5.09. The average Bonchev–Trinajstić information content (AvgIpc) is 2.65. The number of nitrogens with two attached hydrogens (primary N) is 1. The minimum absolute atomic E-state index is 0.0418. The number of fused-ring (bicyclic) bond motifs is 2. The van der Waals surface area contributed by atoms with Crippen LogP contribution in [-0.2, 0) is 20.9 Å². The maximum absolute atomic E-state index is 13.1. The van der Waals surface area contributed by atoms with Gasteiger partial charge in [-0.3, -0.25) is 9.59 Å². The zero-order valence-electron chi connectivity index (χ0n) is 15.7. The minimum atomic E-state index is -0.567. The molecule has 3 aliphatic rings. The van der Waals surface area contributed by atoms with Crippen molar-refractivity contribution >= 4 is 11.8 Å². The molecule has 2 unspecified atom stereocenters. The highest BCUT2D eigenvalue weighted by Gasteiger charge is 2.42. The molecule has 2 aliphatic carbocycles. The van der Waals surface area contributed by atoms with E-state index in [2.05, 4.69) is 5.32 Å². The van der Waals surface area contributed by atoms with Gasteiger partial charge in [-0.25, -0.2) is 0 Å². The molecule has 2 amide bonds. The molecule has 1 aromatic rings. The third-order valence-corrected chi connectivity index (χ3v) is 6.38. The van der Waals surface area contributed by atoms with Gasteiger partial charge in [0.15, 0.2) is 0 Å². The Morgan fingerprint density at radius 2 is 1.89 bits per heavy atom. The van der Waals surface area contributed by atoms with Crippen molar-refractivity contribution in [1.82, 2.24) is 10.2 Å². The predicted octanol–water partition coefficient (Wildman–Crippen LogP) is 1.44. The summed E-state index contributed by atoms with van der Waals surface area (Å²) < 4.78 is 5.41. The zero-order valence-corrected chi connectivity index (χ0v) is 15.7. The van der Waals surface area contributed by atoms with Crippen LogP contribution in [-0.4, -0.2) is 48.1 Å². The number of nitrogens with zero attached hydrogens (tertiary/aromatic N) is 1. The molecule has 2 bridgehead atoms. The normalized spacial score (nSPS) is 33.6. The Kier molecular flexibility index (Phi) is 5.45. The number of amides is 2. The van der Waals surface area contributed by atoms with Crippen molar-refractivity contribution in [1.29, 1.82) is 0 Å². The molecule has 0 aromatic heterocycles. The van der Waals surface area contributed by atoms with Crippen LogP contribution in [0.25, 0.3) is 0 Å². The molecular weight excluding hydrogens is 342 g/mol. The van der Waals surface area contributed by atoms with Gasteiger partial charge in [0.05, 0.1) is 6.61 Å². The first kappa shape index (κ1) is 18.4. The molecule has 3 N–H and O–H groups in total. The van der Waals surface area contributed by atoms with Gasteiger partial charge in [-0.2, -0.15) is 0 Å².